The molecule has 0 bridgehead atoms. The summed E-state index contributed by atoms with van der Waals surface area (Å²) in [6.45, 7) is 4.13. The van der Waals surface area contributed by atoms with Gasteiger partial charge in [-0.15, -0.1) is 11.6 Å². The van der Waals surface area contributed by atoms with Crippen LogP contribution in [-0.4, -0.2) is 5.38 Å². The van der Waals surface area contributed by atoms with Crippen molar-refractivity contribution in [3.8, 4) is 0 Å². The molecule has 0 aliphatic rings. The van der Waals surface area contributed by atoms with Crippen molar-refractivity contribution in [2.75, 3.05) is 0 Å². The fourth-order valence-electron chi connectivity index (χ4n) is 1.75. The van der Waals surface area contributed by atoms with Gasteiger partial charge in [0.15, 0.2) is 11.6 Å². The molecule has 0 N–H and O–H groups in total. The van der Waals surface area contributed by atoms with Gasteiger partial charge in [0.25, 0.3) is 0 Å². The molecule has 0 saturated carbocycles. The molecular formula is C13H17ClF2. The van der Waals surface area contributed by atoms with E-state index in [0.717, 1.165) is 18.9 Å². The molecule has 0 nitrogen and oxygen atoms in total. The molecule has 3 heteroatoms. The van der Waals surface area contributed by atoms with Crippen LogP contribution in [0.25, 0.3) is 0 Å². The molecule has 1 aromatic carbocycles. The van der Waals surface area contributed by atoms with E-state index in [1.54, 1.807) is 6.07 Å². The van der Waals surface area contributed by atoms with Crippen LogP contribution in [0.2, 0.25) is 0 Å². The van der Waals surface area contributed by atoms with Crippen LogP contribution in [0, 0.1) is 17.6 Å². The van der Waals surface area contributed by atoms with Crippen molar-refractivity contribution >= 4 is 11.6 Å². The molecule has 90 valence electrons. The summed E-state index contributed by atoms with van der Waals surface area (Å²) in [5.41, 5.74) is 0.364. The third-order valence-electron chi connectivity index (χ3n) is 2.81. The van der Waals surface area contributed by atoms with Crippen molar-refractivity contribution in [2.24, 2.45) is 5.92 Å². The Bertz CT molecular complexity index is 339. The number of hydrogen-bond donors (Lipinski definition) is 0. The zero-order valence-electron chi connectivity index (χ0n) is 9.64. The zero-order valence-corrected chi connectivity index (χ0v) is 10.4. The van der Waals surface area contributed by atoms with E-state index in [4.69, 9.17) is 11.6 Å². The summed E-state index contributed by atoms with van der Waals surface area (Å²) in [4.78, 5) is 0. The molecule has 0 amide bonds. The van der Waals surface area contributed by atoms with Crippen molar-refractivity contribution in [2.45, 2.75) is 38.5 Å². The van der Waals surface area contributed by atoms with Crippen LogP contribution in [0.4, 0.5) is 8.78 Å². The molecule has 0 aliphatic carbocycles. The van der Waals surface area contributed by atoms with E-state index in [1.807, 2.05) is 6.92 Å². The quantitative estimate of drug-likeness (QED) is 0.669. The number of rotatable bonds is 5. The normalized spacial score (nSPS) is 14.8. The number of hydrogen-bond acceptors (Lipinski definition) is 0. The van der Waals surface area contributed by atoms with Crippen LogP contribution in [0.3, 0.4) is 0 Å². The van der Waals surface area contributed by atoms with Crippen LogP contribution >= 0.6 is 11.6 Å². The molecule has 0 radical (unpaired) electrons. The van der Waals surface area contributed by atoms with Crippen LogP contribution < -0.4 is 0 Å². The molecule has 0 aliphatic heterocycles. The maximum absolute atomic E-state index is 13.4. The monoisotopic (exact) mass is 246 g/mol. The molecule has 0 fully saturated rings. The van der Waals surface area contributed by atoms with Gasteiger partial charge < -0.3 is 0 Å². The minimum atomic E-state index is -0.801. The third-order valence-corrected chi connectivity index (χ3v) is 3.39. The molecule has 0 spiro atoms. The Labute approximate surface area is 101 Å². The number of alkyl halides is 1. The van der Waals surface area contributed by atoms with Crippen LogP contribution in [0.1, 0.15) is 32.3 Å². The van der Waals surface area contributed by atoms with Gasteiger partial charge in [-0.3, -0.25) is 0 Å². The average molecular weight is 247 g/mol. The summed E-state index contributed by atoms with van der Waals surface area (Å²) >= 11 is 6.18. The van der Waals surface area contributed by atoms with E-state index >= 15 is 0 Å². The summed E-state index contributed by atoms with van der Waals surface area (Å²) in [5, 5.41) is -0.142. The van der Waals surface area contributed by atoms with Gasteiger partial charge in [-0.1, -0.05) is 32.4 Å². The lowest BCUT2D eigenvalue weighted by Crippen LogP contribution is -2.15. The first kappa shape index (κ1) is 13.4. The first-order valence-corrected chi connectivity index (χ1v) is 6.06. The molecule has 1 rings (SSSR count). The van der Waals surface area contributed by atoms with Crippen LogP contribution in [-0.2, 0) is 6.42 Å². The Hall–Kier alpha value is -0.630. The number of benzene rings is 1. The van der Waals surface area contributed by atoms with Gasteiger partial charge in [-0.05, 0) is 30.4 Å². The Balaban J connectivity index is 2.69. The van der Waals surface area contributed by atoms with Gasteiger partial charge in [0.05, 0.1) is 0 Å². The molecule has 2 atom stereocenters. The smallest absolute Gasteiger partial charge is 0.162 e. The van der Waals surface area contributed by atoms with Crippen LogP contribution in [0.5, 0.6) is 0 Å². The number of halogens is 3. The van der Waals surface area contributed by atoms with Crippen molar-refractivity contribution in [1.29, 1.82) is 0 Å². The van der Waals surface area contributed by atoms with Gasteiger partial charge in [0.2, 0.25) is 0 Å². The summed E-state index contributed by atoms with van der Waals surface area (Å²) < 4.78 is 26.3. The van der Waals surface area contributed by atoms with Gasteiger partial charge >= 0.3 is 0 Å². The fourth-order valence-corrected chi connectivity index (χ4v) is 2.05. The summed E-state index contributed by atoms with van der Waals surface area (Å²) in [6, 6.07) is 4.23. The van der Waals surface area contributed by atoms with Gasteiger partial charge in [0.1, 0.15) is 0 Å². The van der Waals surface area contributed by atoms with Crippen molar-refractivity contribution in [3.05, 3.63) is 35.4 Å². The summed E-state index contributed by atoms with van der Waals surface area (Å²) in [5.74, 6) is -1.25. The highest BCUT2D eigenvalue weighted by Crippen LogP contribution is 2.22. The minimum absolute atomic E-state index is 0.142. The van der Waals surface area contributed by atoms with Crippen molar-refractivity contribution < 1.29 is 8.78 Å². The van der Waals surface area contributed by atoms with Crippen molar-refractivity contribution in [1.82, 2.24) is 0 Å². The maximum Gasteiger partial charge on any atom is 0.162 e. The first-order valence-electron chi connectivity index (χ1n) is 5.63. The molecule has 0 saturated heterocycles. The maximum atomic E-state index is 13.4. The van der Waals surface area contributed by atoms with Gasteiger partial charge in [-0.25, -0.2) is 8.78 Å². The molecule has 1 aromatic rings. The lowest BCUT2D eigenvalue weighted by molar-refractivity contribution is 0.470. The van der Waals surface area contributed by atoms with Gasteiger partial charge in [0, 0.05) is 5.38 Å². The third kappa shape index (κ3) is 3.44. The zero-order chi connectivity index (χ0) is 12.1. The van der Waals surface area contributed by atoms with E-state index in [0.29, 0.717) is 17.9 Å². The Morgan fingerprint density at radius 2 is 2.00 bits per heavy atom. The molecule has 0 heterocycles. The highest BCUT2D eigenvalue weighted by Gasteiger charge is 2.17. The highest BCUT2D eigenvalue weighted by atomic mass is 35.5. The second kappa shape index (κ2) is 6.19. The lowest BCUT2D eigenvalue weighted by atomic mass is 9.96. The van der Waals surface area contributed by atoms with Crippen molar-refractivity contribution in [3.63, 3.8) is 0 Å². The molecule has 2 unspecified atom stereocenters. The van der Waals surface area contributed by atoms with E-state index < -0.39 is 11.6 Å². The van der Waals surface area contributed by atoms with E-state index in [1.165, 1.54) is 6.07 Å². The fraction of sp³-hybridized carbons (Fsp3) is 0.538. The minimum Gasteiger partial charge on any atom is -0.204 e. The Kier molecular flexibility index (Phi) is 5.20. The predicted octanol–water partition coefficient (Wildman–Crippen LogP) is 4.55. The van der Waals surface area contributed by atoms with E-state index in [-0.39, 0.29) is 5.38 Å². The second-order valence-electron chi connectivity index (χ2n) is 4.20. The average Bonchev–Trinajstić information content (AvgIpc) is 2.25. The van der Waals surface area contributed by atoms with E-state index in [2.05, 4.69) is 6.92 Å². The largest absolute Gasteiger partial charge is 0.204 e. The Morgan fingerprint density at radius 1 is 1.31 bits per heavy atom. The summed E-state index contributed by atoms with van der Waals surface area (Å²) in [7, 11) is 0. The lowest BCUT2D eigenvalue weighted by Gasteiger charge is -2.17. The highest BCUT2D eigenvalue weighted by molar-refractivity contribution is 6.20. The predicted molar refractivity (Wildman–Crippen MR) is 63.8 cm³/mol. The van der Waals surface area contributed by atoms with E-state index in [9.17, 15) is 8.78 Å². The second-order valence-corrected chi connectivity index (χ2v) is 4.76. The molecule has 16 heavy (non-hydrogen) atoms. The standard InChI is InChI=1S/C13H17ClF2/c1-3-5-9(2)11(14)8-10-6-4-7-12(15)13(10)16/h4,6-7,9,11H,3,5,8H2,1-2H3. The molecular weight excluding hydrogens is 230 g/mol. The first-order chi connectivity index (χ1) is 7.56. The summed E-state index contributed by atoms with van der Waals surface area (Å²) in [6.07, 6.45) is 2.44. The SMILES string of the molecule is CCCC(C)C(Cl)Cc1cccc(F)c1F. The topological polar surface area (TPSA) is 0 Å². The van der Waals surface area contributed by atoms with Gasteiger partial charge in [-0.2, -0.15) is 0 Å². The Morgan fingerprint density at radius 3 is 2.62 bits per heavy atom. The van der Waals surface area contributed by atoms with Crippen LogP contribution in [0.15, 0.2) is 18.2 Å². The molecule has 0 aromatic heterocycles.